The molecule has 7 heteroatoms. The Hall–Kier alpha value is -1.18. The van der Waals surface area contributed by atoms with Crippen LogP contribution in [0.1, 0.15) is 13.3 Å². The minimum atomic E-state index is -3.51. The molecule has 1 N–H and O–H groups in total. The van der Waals surface area contributed by atoms with Crippen molar-refractivity contribution in [3.63, 3.8) is 0 Å². The van der Waals surface area contributed by atoms with Gasteiger partial charge in [-0.15, -0.1) is 0 Å². The zero-order valence-electron chi connectivity index (χ0n) is 12.0. The van der Waals surface area contributed by atoms with E-state index >= 15 is 0 Å². The van der Waals surface area contributed by atoms with Gasteiger partial charge in [-0.25, -0.2) is 13.4 Å². The molecule has 1 aromatic heterocycles. The maximum atomic E-state index is 12.7. The molecule has 1 saturated heterocycles. The summed E-state index contributed by atoms with van der Waals surface area (Å²) in [6.07, 6.45) is 2.46. The SMILES string of the molecule is CCCNc1cccnc1S(=O)(=O)N1CCN(C)CC1. The average Bonchev–Trinajstić information content (AvgIpc) is 2.46. The van der Waals surface area contributed by atoms with Crippen LogP contribution >= 0.6 is 0 Å². The van der Waals surface area contributed by atoms with Crippen LogP contribution in [0.3, 0.4) is 0 Å². The van der Waals surface area contributed by atoms with Crippen molar-refractivity contribution < 1.29 is 8.42 Å². The molecule has 0 aromatic carbocycles. The fourth-order valence-electron chi connectivity index (χ4n) is 2.14. The Morgan fingerprint density at radius 3 is 2.65 bits per heavy atom. The number of nitrogens with one attached hydrogen (secondary N) is 1. The minimum absolute atomic E-state index is 0.137. The van der Waals surface area contributed by atoms with Crippen LogP contribution in [0.15, 0.2) is 23.4 Å². The zero-order valence-corrected chi connectivity index (χ0v) is 12.9. The number of nitrogens with zero attached hydrogens (tertiary/aromatic N) is 3. The lowest BCUT2D eigenvalue weighted by Crippen LogP contribution is -2.47. The summed E-state index contributed by atoms with van der Waals surface area (Å²) in [5, 5.41) is 3.28. The number of sulfonamides is 1. The molecule has 1 aliphatic heterocycles. The van der Waals surface area contributed by atoms with Crippen LogP contribution in [-0.4, -0.2) is 62.4 Å². The lowest BCUT2D eigenvalue weighted by atomic mass is 10.4. The van der Waals surface area contributed by atoms with Crippen molar-refractivity contribution in [3.8, 4) is 0 Å². The van der Waals surface area contributed by atoms with E-state index in [2.05, 4.69) is 15.2 Å². The molecule has 0 aliphatic carbocycles. The molecule has 2 heterocycles. The Bertz CT molecular complexity index is 539. The number of hydrogen-bond acceptors (Lipinski definition) is 5. The van der Waals surface area contributed by atoms with E-state index in [0.29, 0.717) is 18.8 Å². The summed E-state index contributed by atoms with van der Waals surface area (Å²) >= 11 is 0. The highest BCUT2D eigenvalue weighted by Gasteiger charge is 2.30. The number of rotatable bonds is 5. The van der Waals surface area contributed by atoms with E-state index in [1.165, 1.54) is 10.5 Å². The number of anilines is 1. The van der Waals surface area contributed by atoms with Crippen molar-refractivity contribution in [3.05, 3.63) is 18.3 Å². The normalized spacial score (nSPS) is 18.1. The van der Waals surface area contributed by atoms with Crippen LogP contribution in [0.2, 0.25) is 0 Å². The van der Waals surface area contributed by atoms with Gasteiger partial charge in [-0.1, -0.05) is 6.92 Å². The van der Waals surface area contributed by atoms with Crippen LogP contribution in [0.25, 0.3) is 0 Å². The van der Waals surface area contributed by atoms with Crippen molar-refractivity contribution in [1.82, 2.24) is 14.2 Å². The molecule has 112 valence electrons. The first kappa shape index (κ1) is 15.2. The fourth-order valence-corrected chi connectivity index (χ4v) is 3.64. The standard InChI is InChI=1S/C13H22N4O2S/c1-3-6-14-12-5-4-7-15-13(12)20(18,19)17-10-8-16(2)9-11-17/h4-5,7,14H,3,6,8-11H2,1-2H3. The Morgan fingerprint density at radius 2 is 2.00 bits per heavy atom. The summed E-state index contributed by atoms with van der Waals surface area (Å²) in [7, 11) is -1.51. The molecule has 0 saturated carbocycles. The van der Waals surface area contributed by atoms with Gasteiger partial charge in [0.1, 0.15) is 0 Å². The van der Waals surface area contributed by atoms with Gasteiger partial charge in [0.05, 0.1) is 5.69 Å². The Morgan fingerprint density at radius 1 is 1.30 bits per heavy atom. The first-order valence-corrected chi connectivity index (χ1v) is 8.37. The number of hydrogen-bond donors (Lipinski definition) is 1. The highest BCUT2D eigenvalue weighted by atomic mass is 32.2. The van der Waals surface area contributed by atoms with E-state index in [9.17, 15) is 8.42 Å². The van der Waals surface area contributed by atoms with Crippen LogP contribution in [-0.2, 0) is 10.0 Å². The quantitative estimate of drug-likeness (QED) is 0.872. The Balaban J connectivity index is 2.25. The zero-order chi connectivity index (χ0) is 14.6. The van der Waals surface area contributed by atoms with E-state index in [1.54, 1.807) is 12.1 Å². The van der Waals surface area contributed by atoms with Crippen LogP contribution in [0, 0.1) is 0 Å². The van der Waals surface area contributed by atoms with Gasteiger partial charge in [0, 0.05) is 38.9 Å². The lowest BCUT2D eigenvalue weighted by Gasteiger charge is -2.31. The van der Waals surface area contributed by atoms with Gasteiger partial charge in [0.15, 0.2) is 5.03 Å². The smallest absolute Gasteiger partial charge is 0.262 e. The summed E-state index contributed by atoms with van der Waals surface area (Å²) in [5.41, 5.74) is 0.591. The molecule has 0 amide bonds. The number of piperazine rings is 1. The third-order valence-corrected chi connectivity index (χ3v) is 5.24. The van der Waals surface area contributed by atoms with E-state index in [1.807, 2.05) is 14.0 Å². The van der Waals surface area contributed by atoms with Gasteiger partial charge in [-0.2, -0.15) is 4.31 Å². The predicted octanol–water partition coefficient (Wildman–Crippen LogP) is 0.840. The molecule has 20 heavy (non-hydrogen) atoms. The van der Waals surface area contributed by atoms with Crippen molar-refractivity contribution in [2.45, 2.75) is 18.4 Å². The third-order valence-electron chi connectivity index (χ3n) is 3.38. The van der Waals surface area contributed by atoms with E-state index in [-0.39, 0.29) is 5.03 Å². The van der Waals surface area contributed by atoms with Gasteiger partial charge in [0.2, 0.25) is 0 Å². The van der Waals surface area contributed by atoms with Crippen molar-refractivity contribution in [2.24, 2.45) is 0 Å². The van der Waals surface area contributed by atoms with Gasteiger partial charge >= 0.3 is 0 Å². The van der Waals surface area contributed by atoms with E-state index in [0.717, 1.165) is 26.1 Å². The minimum Gasteiger partial charge on any atom is -0.383 e. The molecular weight excluding hydrogens is 276 g/mol. The topological polar surface area (TPSA) is 65.5 Å². The molecular formula is C13H22N4O2S. The molecule has 6 nitrogen and oxygen atoms in total. The largest absolute Gasteiger partial charge is 0.383 e. The number of likely N-dealkylation sites (N-methyl/N-ethyl adjacent to an activating group) is 1. The van der Waals surface area contributed by atoms with Crippen LogP contribution < -0.4 is 5.32 Å². The maximum Gasteiger partial charge on any atom is 0.262 e. The molecule has 1 fully saturated rings. The van der Waals surface area contributed by atoms with Gasteiger partial charge in [0.25, 0.3) is 10.0 Å². The third kappa shape index (κ3) is 3.28. The second-order valence-electron chi connectivity index (χ2n) is 4.99. The molecule has 0 atom stereocenters. The summed E-state index contributed by atoms with van der Waals surface area (Å²) in [6, 6.07) is 3.52. The number of pyridine rings is 1. The molecule has 2 rings (SSSR count). The fraction of sp³-hybridized carbons (Fsp3) is 0.615. The highest BCUT2D eigenvalue weighted by Crippen LogP contribution is 2.22. The monoisotopic (exact) mass is 298 g/mol. The molecule has 0 radical (unpaired) electrons. The summed E-state index contributed by atoms with van der Waals surface area (Å²) < 4.78 is 26.9. The first-order valence-electron chi connectivity index (χ1n) is 6.93. The molecule has 0 bridgehead atoms. The second-order valence-corrected chi connectivity index (χ2v) is 6.84. The number of aromatic nitrogens is 1. The molecule has 0 unspecified atom stereocenters. The summed E-state index contributed by atoms with van der Waals surface area (Å²) in [5.74, 6) is 0. The molecule has 0 spiro atoms. The molecule has 1 aliphatic rings. The van der Waals surface area contributed by atoms with Gasteiger partial charge in [-0.05, 0) is 25.6 Å². The van der Waals surface area contributed by atoms with E-state index in [4.69, 9.17) is 0 Å². The van der Waals surface area contributed by atoms with Crippen LogP contribution in [0.4, 0.5) is 5.69 Å². The summed E-state index contributed by atoms with van der Waals surface area (Å²) in [4.78, 5) is 6.22. The molecule has 1 aromatic rings. The van der Waals surface area contributed by atoms with Gasteiger partial charge in [-0.3, -0.25) is 0 Å². The maximum absolute atomic E-state index is 12.7. The summed E-state index contributed by atoms with van der Waals surface area (Å²) in [6.45, 7) is 5.31. The lowest BCUT2D eigenvalue weighted by molar-refractivity contribution is 0.222. The van der Waals surface area contributed by atoms with Crippen molar-refractivity contribution >= 4 is 15.7 Å². The van der Waals surface area contributed by atoms with Crippen LogP contribution in [0.5, 0.6) is 0 Å². The van der Waals surface area contributed by atoms with Crippen molar-refractivity contribution in [1.29, 1.82) is 0 Å². The predicted molar refractivity (Wildman–Crippen MR) is 79.3 cm³/mol. The van der Waals surface area contributed by atoms with Crippen molar-refractivity contribution in [2.75, 3.05) is 45.1 Å². The Labute approximate surface area is 120 Å². The second kappa shape index (κ2) is 6.51. The van der Waals surface area contributed by atoms with Gasteiger partial charge < -0.3 is 10.2 Å². The Kier molecular flexibility index (Phi) is 4.95. The van der Waals surface area contributed by atoms with E-state index < -0.39 is 10.0 Å². The average molecular weight is 298 g/mol. The first-order chi connectivity index (χ1) is 9.55. The highest BCUT2D eigenvalue weighted by molar-refractivity contribution is 7.89.